The lowest BCUT2D eigenvalue weighted by Gasteiger charge is -2.23. The van der Waals surface area contributed by atoms with Crippen LogP contribution in [-0.2, 0) is 26.1 Å². The third-order valence-electron chi connectivity index (χ3n) is 6.44. The fraction of sp³-hybridized carbons (Fsp3) is 0.433. The van der Waals surface area contributed by atoms with E-state index in [0.717, 1.165) is 31.5 Å². The Morgan fingerprint density at radius 2 is 1.79 bits per heavy atom. The van der Waals surface area contributed by atoms with E-state index >= 15 is 0 Å². The van der Waals surface area contributed by atoms with Crippen molar-refractivity contribution in [1.82, 2.24) is 20.3 Å². The molecule has 0 unspecified atom stereocenters. The zero-order chi connectivity index (χ0) is 30.5. The van der Waals surface area contributed by atoms with E-state index in [0.29, 0.717) is 26.7 Å². The number of sulfonamides is 1. The third kappa shape index (κ3) is 8.60. The van der Waals surface area contributed by atoms with Crippen LogP contribution in [-0.4, -0.2) is 50.1 Å². The number of carbonyl (C=O) groups excluding carboxylic acids is 2. The Morgan fingerprint density at radius 1 is 1.10 bits per heavy atom. The number of rotatable bonds is 9. The molecule has 10 nitrogen and oxygen atoms in total. The maximum atomic E-state index is 13.6. The zero-order valence-corrected chi connectivity index (χ0v) is 26.2. The van der Waals surface area contributed by atoms with E-state index in [1.807, 2.05) is 18.2 Å². The second kappa shape index (κ2) is 13.3. The Kier molecular flexibility index (Phi) is 10.0. The minimum absolute atomic E-state index is 0.0112. The molecule has 0 saturated carbocycles. The summed E-state index contributed by atoms with van der Waals surface area (Å²) in [7, 11) is -3.90. The SMILES string of the molecule is CC(C)OC(=O)Nc1ccc(-c2ncc(-c3ccc(CNC(=O)C4CCNCC4)cc3S(=O)(=O)NC(C)(C)C)s2)cc1. The number of thiazole rings is 1. The molecule has 1 aliphatic heterocycles. The predicted molar refractivity (Wildman–Crippen MR) is 166 cm³/mol. The Labute approximate surface area is 251 Å². The van der Waals surface area contributed by atoms with Gasteiger partial charge < -0.3 is 15.4 Å². The molecule has 0 aliphatic carbocycles. The van der Waals surface area contributed by atoms with Crippen molar-refractivity contribution >= 4 is 39.0 Å². The molecule has 1 aromatic heterocycles. The Balaban J connectivity index is 1.58. The van der Waals surface area contributed by atoms with E-state index in [-0.39, 0.29) is 29.4 Å². The number of anilines is 1. The fourth-order valence-electron chi connectivity index (χ4n) is 4.57. The smallest absolute Gasteiger partial charge is 0.411 e. The van der Waals surface area contributed by atoms with Crippen molar-refractivity contribution in [2.45, 2.75) is 70.5 Å². The molecule has 1 aliphatic rings. The molecule has 2 amide bonds. The van der Waals surface area contributed by atoms with Gasteiger partial charge in [0.2, 0.25) is 15.9 Å². The minimum Gasteiger partial charge on any atom is -0.447 e. The van der Waals surface area contributed by atoms with Crippen LogP contribution in [0.15, 0.2) is 53.6 Å². The maximum Gasteiger partial charge on any atom is 0.411 e. The molecule has 0 bridgehead atoms. The topological polar surface area (TPSA) is 139 Å². The van der Waals surface area contributed by atoms with E-state index in [1.54, 1.807) is 65.1 Å². The van der Waals surface area contributed by atoms with Crippen LogP contribution in [0.25, 0.3) is 21.0 Å². The van der Waals surface area contributed by atoms with E-state index in [9.17, 15) is 18.0 Å². The summed E-state index contributed by atoms with van der Waals surface area (Å²) < 4.78 is 35.0. The van der Waals surface area contributed by atoms with Crippen LogP contribution in [0.2, 0.25) is 0 Å². The summed E-state index contributed by atoms with van der Waals surface area (Å²) in [6, 6.07) is 12.4. The van der Waals surface area contributed by atoms with Crippen LogP contribution < -0.4 is 20.7 Å². The number of benzene rings is 2. The van der Waals surface area contributed by atoms with Crippen molar-refractivity contribution in [2.75, 3.05) is 18.4 Å². The summed E-state index contributed by atoms with van der Waals surface area (Å²) in [5.74, 6) is -0.0477. The first-order valence-electron chi connectivity index (χ1n) is 14.0. The van der Waals surface area contributed by atoms with Crippen molar-refractivity contribution < 1.29 is 22.7 Å². The third-order valence-corrected chi connectivity index (χ3v) is 9.32. The Bertz CT molecular complexity index is 1510. The van der Waals surface area contributed by atoms with E-state index in [4.69, 9.17) is 4.74 Å². The number of ether oxygens (including phenoxy) is 1. The molecule has 42 heavy (non-hydrogen) atoms. The lowest BCUT2D eigenvalue weighted by atomic mass is 9.97. The Hall–Kier alpha value is -3.32. The number of amides is 2. The average Bonchev–Trinajstić information content (AvgIpc) is 3.41. The van der Waals surface area contributed by atoms with Gasteiger partial charge in [-0.15, -0.1) is 11.3 Å². The molecule has 1 saturated heterocycles. The van der Waals surface area contributed by atoms with Crippen LogP contribution in [0.4, 0.5) is 10.5 Å². The Morgan fingerprint density at radius 3 is 2.43 bits per heavy atom. The van der Waals surface area contributed by atoms with E-state index in [1.165, 1.54) is 11.3 Å². The number of aromatic nitrogens is 1. The minimum atomic E-state index is -3.90. The highest BCUT2D eigenvalue weighted by molar-refractivity contribution is 7.89. The van der Waals surface area contributed by atoms with Gasteiger partial charge in [0.05, 0.1) is 15.9 Å². The lowest BCUT2D eigenvalue weighted by molar-refractivity contribution is -0.125. The molecular formula is C30H39N5O5S2. The largest absolute Gasteiger partial charge is 0.447 e. The lowest BCUT2D eigenvalue weighted by Crippen LogP contribution is -2.40. The summed E-state index contributed by atoms with van der Waals surface area (Å²) in [5, 5.41) is 9.62. The number of nitrogens with one attached hydrogen (secondary N) is 4. The number of hydrogen-bond acceptors (Lipinski definition) is 8. The average molecular weight is 614 g/mol. The molecule has 4 rings (SSSR count). The molecule has 2 aromatic carbocycles. The molecule has 0 radical (unpaired) electrons. The molecule has 12 heteroatoms. The number of piperidine rings is 1. The summed E-state index contributed by atoms with van der Waals surface area (Å²) in [6.07, 6.45) is 2.49. The van der Waals surface area contributed by atoms with Crippen molar-refractivity contribution in [1.29, 1.82) is 0 Å². The molecule has 1 fully saturated rings. The summed E-state index contributed by atoms with van der Waals surface area (Å²) in [6.45, 7) is 10.8. The van der Waals surface area contributed by atoms with Crippen molar-refractivity contribution in [3.05, 3.63) is 54.2 Å². The molecule has 3 aromatic rings. The highest BCUT2D eigenvalue weighted by Gasteiger charge is 2.27. The van der Waals surface area contributed by atoms with Crippen LogP contribution >= 0.6 is 11.3 Å². The first kappa shape index (κ1) is 31.6. The van der Waals surface area contributed by atoms with Gasteiger partial charge >= 0.3 is 6.09 Å². The summed E-state index contributed by atoms with van der Waals surface area (Å²) >= 11 is 1.37. The van der Waals surface area contributed by atoms with Crippen molar-refractivity contribution in [3.8, 4) is 21.0 Å². The van der Waals surface area contributed by atoms with E-state index < -0.39 is 21.7 Å². The fourth-order valence-corrected chi connectivity index (χ4v) is 7.28. The number of nitrogens with zero attached hydrogens (tertiary/aromatic N) is 1. The van der Waals surface area contributed by atoms with Crippen LogP contribution in [0, 0.1) is 5.92 Å². The molecule has 0 spiro atoms. The first-order chi connectivity index (χ1) is 19.8. The van der Waals surface area contributed by atoms with Crippen molar-refractivity contribution in [2.24, 2.45) is 5.92 Å². The zero-order valence-electron chi connectivity index (χ0n) is 24.6. The molecule has 4 N–H and O–H groups in total. The van der Waals surface area contributed by atoms with Gasteiger partial charge in [0, 0.05) is 41.0 Å². The van der Waals surface area contributed by atoms with Gasteiger partial charge in [0.25, 0.3) is 0 Å². The van der Waals surface area contributed by atoms with Gasteiger partial charge in [-0.05, 0) is 96.4 Å². The highest BCUT2D eigenvalue weighted by atomic mass is 32.2. The normalized spacial score (nSPS) is 14.5. The number of hydrogen-bond donors (Lipinski definition) is 4. The van der Waals surface area contributed by atoms with E-state index in [2.05, 4.69) is 25.7 Å². The van der Waals surface area contributed by atoms with Crippen molar-refractivity contribution in [3.63, 3.8) is 0 Å². The molecule has 2 heterocycles. The monoisotopic (exact) mass is 613 g/mol. The van der Waals surface area contributed by atoms with Gasteiger partial charge in [-0.1, -0.05) is 12.1 Å². The quantitative estimate of drug-likeness (QED) is 0.263. The molecular weight excluding hydrogens is 574 g/mol. The van der Waals surface area contributed by atoms with Crippen LogP contribution in [0.5, 0.6) is 0 Å². The second-order valence-corrected chi connectivity index (χ2v) is 14.3. The van der Waals surface area contributed by atoms with Gasteiger partial charge in [0.1, 0.15) is 5.01 Å². The predicted octanol–water partition coefficient (Wildman–Crippen LogP) is 5.13. The number of carbonyl (C=O) groups is 2. The molecule has 226 valence electrons. The maximum absolute atomic E-state index is 13.6. The van der Waals surface area contributed by atoms with Gasteiger partial charge in [-0.2, -0.15) is 0 Å². The van der Waals surface area contributed by atoms with Gasteiger partial charge in [0.15, 0.2) is 0 Å². The standard InChI is InChI=1S/C30H39N5O5S2/c1-19(2)40-29(37)34-23-9-7-22(8-10-23)28-33-18-25(41-28)24-11-6-20(16-26(24)42(38,39)35-30(3,4)5)17-32-27(36)21-12-14-31-15-13-21/h6-11,16,18-19,21,31,35H,12-15,17H2,1-5H3,(H,32,36)(H,34,37). The summed E-state index contributed by atoms with van der Waals surface area (Å²) in [5.41, 5.74) is 1.94. The van der Waals surface area contributed by atoms with Crippen LogP contribution in [0.3, 0.4) is 0 Å². The van der Waals surface area contributed by atoms with Gasteiger partial charge in [-0.3, -0.25) is 10.1 Å². The van der Waals surface area contributed by atoms with Gasteiger partial charge in [-0.25, -0.2) is 22.9 Å². The highest BCUT2D eigenvalue weighted by Crippen LogP contribution is 2.36. The summed E-state index contributed by atoms with van der Waals surface area (Å²) in [4.78, 5) is 29.9. The molecule has 0 atom stereocenters. The van der Waals surface area contributed by atoms with Crippen LogP contribution in [0.1, 0.15) is 53.0 Å². The second-order valence-electron chi connectivity index (χ2n) is 11.6. The first-order valence-corrected chi connectivity index (χ1v) is 16.3.